The standard InChI is InChI=1S/C20H20FN3O4/c1-3-27-13-7-9-14(10-8-13)28-12(2)19(25)23-24-20(26)18-11-15-16(21)5-4-6-17(15)22-18/h4-12,22H,3H2,1-2H3,(H,23,25)(H,24,26). The number of carbonyl (C=O) groups excluding carboxylic acids is 2. The molecule has 0 spiro atoms. The zero-order valence-electron chi connectivity index (χ0n) is 15.4. The summed E-state index contributed by atoms with van der Waals surface area (Å²) in [5, 5.41) is 0.297. The molecule has 1 heterocycles. The number of halogens is 1. The van der Waals surface area contributed by atoms with Crippen molar-refractivity contribution in [2.75, 3.05) is 6.61 Å². The van der Waals surface area contributed by atoms with E-state index in [1.165, 1.54) is 18.2 Å². The summed E-state index contributed by atoms with van der Waals surface area (Å²) in [5.41, 5.74) is 5.18. The maximum atomic E-state index is 13.7. The Labute approximate surface area is 160 Å². The first-order valence-corrected chi connectivity index (χ1v) is 8.75. The molecule has 3 rings (SSSR count). The van der Waals surface area contributed by atoms with Crippen LogP contribution in [0.25, 0.3) is 10.9 Å². The largest absolute Gasteiger partial charge is 0.494 e. The Morgan fingerprint density at radius 2 is 1.82 bits per heavy atom. The summed E-state index contributed by atoms with van der Waals surface area (Å²) in [4.78, 5) is 27.1. The summed E-state index contributed by atoms with van der Waals surface area (Å²) in [7, 11) is 0. The maximum Gasteiger partial charge on any atom is 0.286 e. The number of rotatable bonds is 6. The molecule has 146 valence electrons. The van der Waals surface area contributed by atoms with Crippen molar-refractivity contribution in [3.8, 4) is 11.5 Å². The van der Waals surface area contributed by atoms with E-state index in [2.05, 4.69) is 15.8 Å². The summed E-state index contributed by atoms with van der Waals surface area (Å²) in [6.07, 6.45) is -0.849. The lowest BCUT2D eigenvalue weighted by atomic mass is 10.2. The molecule has 0 saturated heterocycles. The van der Waals surface area contributed by atoms with E-state index in [1.807, 2.05) is 6.92 Å². The zero-order chi connectivity index (χ0) is 20.1. The first-order valence-electron chi connectivity index (χ1n) is 8.75. The fourth-order valence-corrected chi connectivity index (χ4v) is 2.57. The third-order valence-electron chi connectivity index (χ3n) is 3.97. The number of fused-ring (bicyclic) bond motifs is 1. The number of nitrogens with one attached hydrogen (secondary N) is 3. The van der Waals surface area contributed by atoms with E-state index in [1.54, 1.807) is 37.3 Å². The topological polar surface area (TPSA) is 92.4 Å². The van der Waals surface area contributed by atoms with Gasteiger partial charge < -0.3 is 14.5 Å². The number of hydrogen-bond donors (Lipinski definition) is 3. The number of carbonyl (C=O) groups is 2. The Kier molecular flexibility index (Phi) is 5.78. The summed E-state index contributed by atoms with van der Waals surface area (Å²) in [6, 6.07) is 12.7. The Morgan fingerprint density at radius 1 is 1.11 bits per heavy atom. The molecule has 3 aromatic rings. The molecule has 0 aliphatic heterocycles. The van der Waals surface area contributed by atoms with Gasteiger partial charge in [-0.1, -0.05) is 6.07 Å². The Hall–Kier alpha value is -3.55. The van der Waals surface area contributed by atoms with Crippen molar-refractivity contribution >= 4 is 22.7 Å². The van der Waals surface area contributed by atoms with Gasteiger partial charge in [-0.15, -0.1) is 0 Å². The van der Waals surface area contributed by atoms with Gasteiger partial charge in [0.25, 0.3) is 11.8 Å². The molecule has 2 aromatic carbocycles. The monoisotopic (exact) mass is 385 g/mol. The zero-order valence-corrected chi connectivity index (χ0v) is 15.4. The van der Waals surface area contributed by atoms with E-state index in [0.717, 1.165) is 0 Å². The van der Waals surface area contributed by atoms with Crippen molar-refractivity contribution < 1.29 is 23.5 Å². The first kappa shape index (κ1) is 19.2. The molecular formula is C20H20FN3O4. The minimum Gasteiger partial charge on any atom is -0.494 e. The van der Waals surface area contributed by atoms with E-state index in [9.17, 15) is 14.0 Å². The van der Waals surface area contributed by atoms with Crippen LogP contribution in [0.4, 0.5) is 4.39 Å². The lowest BCUT2D eigenvalue weighted by Crippen LogP contribution is -2.47. The lowest BCUT2D eigenvalue weighted by molar-refractivity contribution is -0.128. The van der Waals surface area contributed by atoms with Gasteiger partial charge in [0.15, 0.2) is 6.10 Å². The van der Waals surface area contributed by atoms with Crippen LogP contribution < -0.4 is 20.3 Å². The van der Waals surface area contributed by atoms with E-state index in [4.69, 9.17) is 9.47 Å². The van der Waals surface area contributed by atoms with E-state index in [0.29, 0.717) is 29.0 Å². The molecule has 8 heteroatoms. The summed E-state index contributed by atoms with van der Waals surface area (Å²) in [6.45, 7) is 4.00. The number of amides is 2. The van der Waals surface area contributed by atoms with Crippen molar-refractivity contribution in [1.82, 2.24) is 15.8 Å². The van der Waals surface area contributed by atoms with Gasteiger partial charge >= 0.3 is 0 Å². The van der Waals surface area contributed by atoms with Gasteiger partial charge in [0.05, 0.1) is 6.61 Å². The van der Waals surface area contributed by atoms with E-state index < -0.39 is 23.7 Å². The van der Waals surface area contributed by atoms with Crippen LogP contribution in [0, 0.1) is 5.82 Å². The minimum atomic E-state index is -0.849. The van der Waals surface area contributed by atoms with Crippen molar-refractivity contribution in [2.24, 2.45) is 0 Å². The molecular weight excluding hydrogens is 365 g/mol. The third-order valence-corrected chi connectivity index (χ3v) is 3.97. The predicted octanol–water partition coefficient (Wildman–Crippen LogP) is 2.93. The summed E-state index contributed by atoms with van der Waals surface area (Å²) >= 11 is 0. The number of ether oxygens (including phenoxy) is 2. The molecule has 0 fully saturated rings. The Morgan fingerprint density at radius 3 is 2.50 bits per heavy atom. The number of hydrogen-bond acceptors (Lipinski definition) is 4. The van der Waals surface area contributed by atoms with Crippen LogP contribution in [0.3, 0.4) is 0 Å². The second-order valence-corrected chi connectivity index (χ2v) is 5.99. The van der Waals surface area contributed by atoms with Gasteiger partial charge in [0.2, 0.25) is 0 Å². The molecule has 0 bridgehead atoms. The molecule has 1 aromatic heterocycles. The van der Waals surface area contributed by atoms with Crippen molar-refractivity contribution in [1.29, 1.82) is 0 Å². The summed E-state index contributed by atoms with van der Waals surface area (Å²) < 4.78 is 24.6. The molecule has 0 saturated carbocycles. The Balaban J connectivity index is 1.54. The second-order valence-electron chi connectivity index (χ2n) is 5.99. The van der Waals surface area contributed by atoms with Crippen LogP contribution in [-0.4, -0.2) is 29.5 Å². The average molecular weight is 385 g/mol. The number of aromatic nitrogens is 1. The Bertz CT molecular complexity index is 985. The smallest absolute Gasteiger partial charge is 0.286 e. The highest BCUT2D eigenvalue weighted by atomic mass is 19.1. The van der Waals surface area contributed by atoms with Crippen molar-refractivity contribution in [3.63, 3.8) is 0 Å². The van der Waals surface area contributed by atoms with Crippen LogP contribution in [0.1, 0.15) is 24.3 Å². The van der Waals surface area contributed by atoms with Gasteiger partial charge in [-0.3, -0.25) is 20.4 Å². The molecule has 28 heavy (non-hydrogen) atoms. The normalized spacial score (nSPS) is 11.7. The minimum absolute atomic E-state index is 0.125. The van der Waals surface area contributed by atoms with Crippen LogP contribution >= 0.6 is 0 Å². The average Bonchev–Trinajstić information content (AvgIpc) is 3.13. The van der Waals surface area contributed by atoms with Crippen LogP contribution in [0.5, 0.6) is 11.5 Å². The number of benzene rings is 2. The maximum absolute atomic E-state index is 13.7. The molecule has 2 amide bonds. The SMILES string of the molecule is CCOc1ccc(OC(C)C(=O)NNC(=O)c2cc3c(F)cccc3[nH]2)cc1. The third kappa shape index (κ3) is 4.40. The first-order chi connectivity index (χ1) is 13.5. The van der Waals surface area contributed by atoms with Crippen molar-refractivity contribution in [3.05, 3.63) is 60.0 Å². The molecule has 0 radical (unpaired) electrons. The predicted molar refractivity (Wildman–Crippen MR) is 102 cm³/mol. The number of hydrazine groups is 1. The van der Waals surface area contributed by atoms with Gasteiger partial charge in [0.1, 0.15) is 23.0 Å². The molecule has 1 unspecified atom stereocenters. The molecule has 0 aliphatic carbocycles. The number of H-pyrrole nitrogens is 1. The van der Waals surface area contributed by atoms with Gasteiger partial charge in [-0.05, 0) is 56.3 Å². The summed E-state index contributed by atoms with van der Waals surface area (Å²) in [5.74, 6) is -0.381. The van der Waals surface area contributed by atoms with Gasteiger partial charge in [-0.2, -0.15) is 0 Å². The molecule has 0 aliphatic rings. The van der Waals surface area contributed by atoms with E-state index >= 15 is 0 Å². The van der Waals surface area contributed by atoms with Crippen LogP contribution in [0.2, 0.25) is 0 Å². The highest BCUT2D eigenvalue weighted by molar-refractivity contribution is 5.99. The quantitative estimate of drug-likeness (QED) is 0.569. The van der Waals surface area contributed by atoms with Gasteiger partial charge in [-0.25, -0.2) is 4.39 Å². The highest BCUT2D eigenvalue weighted by Gasteiger charge is 2.17. The fraction of sp³-hybridized carbons (Fsp3) is 0.200. The number of aromatic amines is 1. The fourth-order valence-electron chi connectivity index (χ4n) is 2.57. The van der Waals surface area contributed by atoms with E-state index in [-0.39, 0.29) is 5.69 Å². The molecule has 1 atom stereocenters. The van der Waals surface area contributed by atoms with Crippen LogP contribution in [0.15, 0.2) is 48.5 Å². The molecule has 3 N–H and O–H groups in total. The van der Waals surface area contributed by atoms with Crippen LogP contribution in [-0.2, 0) is 4.79 Å². The van der Waals surface area contributed by atoms with Gasteiger partial charge in [0, 0.05) is 10.9 Å². The van der Waals surface area contributed by atoms with Crippen molar-refractivity contribution in [2.45, 2.75) is 20.0 Å². The highest BCUT2D eigenvalue weighted by Crippen LogP contribution is 2.19. The lowest BCUT2D eigenvalue weighted by Gasteiger charge is -2.15. The molecule has 7 nitrogen and oxygen atoms in total. The second kappa shape index (κ2) is 8.43.